The van der Waals surface area contributed by atoms with Crippen molar-refractivity contribution in [1.29, 1.82) is 0 Å². The molecule has 1 aliphatic heterocycles. The first-order chi connectivity index (χ1) is 9.15. The Hall–Kier alpha value is -2.23. The lowest BCUT2D eigenvalue weighted by atomic mass is 9.98. The van der Waals surface area contributed by atoms with E-state index in [2.05, 4.69) is 0 Å². The van der Waals surface area contributed by atoms with Crippen molar-refractivity contribution in [3.8, 4) is 0 Å². The number of benzene rings is 1. The minimum Gasteiger partial charge on any atom is -0.456 e. The molecular formula is C15H16N2O2. The number of amides is 1. The number of aryl methyl sites for hydroxylation is 1. The summed E-state index contributed by atoms with van der Waals surface area (Å²) in [5.41, 5.74) is 9.07. The Morgan fingerprint density at radius 3 is 2.89 bits per heavy atom. The second-order valence-corrected chi connectivity index (χ2v) is 4.87. The van der Waals surface area contributed by atoms with Crippen molar-refractivity contribution in [2.75, 3.05) is 12.3 Å². The van der Waals surface area contributed by atoms with E-state index in [1.54, 1.807) is 11.0 Å². The number of anilines is 1. The summed E-state index contributed by atoms with van der Waals surface area (Å²) in [6.45, 7) is 3.11. The first-order valence-electron chi connectivity index (χ1n) is 6.37. The van der Waals surface area contributed by atoms with Crippen LogP contribution in [0.2, 0.25) is 0 Å². The highest BCUT2D eigenvalue weighted by Crippen LogP contribution is 2.25. The summed E-state index contributed by atoms with van der Waals surface area (Å²) in [6, 6.07) is 9.40. The van der Waals surface area contributed by atoms with Gasteiger partial charge in [-0.05, 0) is 42.7 Å². The summed E-state index contributed by atoms with van der Waals surface area (Å²) in [7, 11) is 0. The highest BCUT2D eigenvalue weighted by molar-refractivity contribution is 5.91. The maximum atomic E-state index is 12.3. The molecule has 2 N–H and O–H groups in total. The van der Waals surface area contributed by atoms with E-state index < -0.39 is 0 Å². The lowest BCUT2D eigenvalue weighted by molar-refractivity contribution is 0.0701. The van der Waals surface area contributed by atoms with Gasteiger partial charge in [-0.15, -0.1) is 0 Å². The van der Waals surface area contributed by atoms with E-state index in [9.17, 15) is 4.79 Å². The molecule has 19 heavy (non-hydrogen) atoms. The lowest BCUT2D eigenvalue weighted by Gasteiger charge is -2.28. The van der Waals surface area contributed by atoms with E-state index in [0.717, 1.165) is 23.4 Å². The van der Waals surface area contributed by atoms with E-state index in [4.69, 9.17) is 10.2 Å². The maximum absolute atomic E-state index is 12.3. The zero-order valence-corrected chi connectivity index (χ0v) is 10.8. The quantitative estimate of drug-likeness (QED) is 0.797. The first kappa shape index (κ1) is 11.8. The molecule has 98 valence electrons. The van der Waals surface area contributed by atoms with E-state index in [1.165, 1.54) is 5.56 Å². The molecule has 0 aliphatic carbocycles. The van der Waals surface area contributed by atoms with E-state index in [-0.39, 0.29) is 5.91 Å². The van der Waals surface area contributed by atoms with Gasteiger partial charge >= 0.3 is 0 Å². The van der Waals surface area contributed by atoms with Crippen LogP contribution in [0.15, 0.2) is 34.7 Å². The van der Waals surface area contributed by atoms with Crippen LogP contribution in [0.25, 0.3) is 0 Å². The van der Waals surface area contributed by atoms with Crippen molar-refractivity contribution in [2.24, 2.45) is 0 Å². The molecule has 0 atom stereocenters. The molecule has 0 spiro atoms. The summed E-state index contributed by atoms with van der Waals surface area (Å²) in [5.74, 6) is 1.11. The molecule has 1 aliphatic rings. The third-order valence-electron chi connectivity index (χ3n) is 3.54. The van der Waals surface area contributed by atoms with Gasteiger partial charge in [0.15, 0.2) is 5.76 Å². The molecule has 2 aromatic rings. The van der Waals surface area contributed by atoms with Crippen molar-refractivity contribution >= 4 is 11.6 Å². The number of carbonyl (C=O) groups excluding carboxylic acids is 1. The first-order valence-corrected chi connectivity index (χ1v) is 6.37. The topological polar surface area (TPSA) is 59.5 Å². The van der Waals surface area contributed by atoms with Crippen LogP contribution < -0.4 is 5.73 Å². The normalized spacial score (nSPS) is 14.3. The maximum Gasteiger partial charge on any atom is 0.289 e. The third-order valence-corrected chi connectivity index (χ3v) is 3.54. The van der Waals surface area contributed by atoms with E-state index >= 15 is 0 Å². The van der Waals surface area contributed by atoms with Gasteiger partial charge in [0.05, 0.1) is 0 Å². The highest BCUT2D eigenvalue weighted by atomic mass is 16.3. The number of carbonyl (C=O) groups is 1. The van der Waals surface area contributed by atoms with Crippen LogP contribution >= 0.6 is 0 Å². The molecule has 0 unspecified atom stereocenters. The Balaban J connectivity index is 1.84. The molecule has 1 aromatic carbocycles. The van der Waals surface area contributed by atoms with Crippen LogP contribution in [0.1, 0.15) is 27.4 Å². The average molecular weight is 256 g/mol. The molecule has 4 heteroatoms. The Morgan fingerprint density at radius 1 is 1.32 bits per heavy atom. The lowest BCUT2D eigenvalue weighted by Crippen LogP contribution is -2.36. The van der Waals surface area contributed by atoms with E-state index in [0.29, 0.717) is 18.8 Å². The second kappa shape index (κ2) is 4.46. The van der Waals surface area contributed by atoms with Crippen LogP contribution in [-0.4, -0.2) is 17.4 Å². The van der Waals surface area contributed by atoms with Gasteiger partial charge in [0.2, 0.25) is 0 Å². The average Bonchev–Trinajstić information content (AvgIpc) is 2.84. The molecule has 0 radical (unpaired) electrons. The molecule has 2 heterocycles. The van der Waals surface area contributed by atoms with Crippen LogP contribution in [0.4, 0.5) is 5.69 Å². The number of nitrogens with zero attached hydrogens (tertiary/aromatic N) is 1. The van der Waals surface area contributed by atoms with Gasteiger partial charge in [-0.1, -0.05) is 12.1 Å². The predicted octanol–water partition coefficient (Wildman–Crippen LogP) is 2.37. The molecule has 0 saturated carbocycles. The van der Waals surface area contributed by atoms with Gasteiger partial charge < -0.3 is 15.1 Å². The Morgan fingerprint density at radius 2 is 2.16 bits per heavy atom. The summed E-state index contributed by atoms with van der Waals surface area (Å²) in [4.78, 5) is 14.1. The van der Waals surface area contributed by atoms with Gasteiger partial charge in [-0.2, -0.15) is 0 Å². The van der Waals surface area contributed by atoms with Gasteiger partial charge in [-0.25, -0.2) is 0 Å². The fraction of sp³-hybridized carbons (Fsp3) is 0.267. The molecule has 3 rings (SSSR count). The molecule has 0 bridgehead atoms. The van der Waals surface area contributed by atoms with Crippen molar-refractivity contribution in [2.45, 2.75) is 19.9 Å². The minimum atomic E-state index is -0.0545. The zero-order chi connectivity index (χ0) is 13.4. The molecular weight excluding hydrogens is 240 g/mol. The number of nitrogens with two attached hydrogens (primary N) is 1. The molecule has 0 saturated heterocycles. The summed E-state index contributed by atoms with van der Waals surface area (Å²) < 4.78 is 5.39. The Labute approximate surface area is 111 Å². The van der Waals surface area contributed by atoms with Crippen molar-refractivity contribution < 1.29 is 9.21 Å². The van der Waals surface area contributed by atoms with Crippen molar-refractivity contribution in [1.82, 2.24) is 4.90 Å². The predicted molar refractivity (Wildman–Crippen MR) is 72.7 cm³/mol. The Kier molecular flexibility index (Phi) is 2.78. The number of furan rings is 1. The largest absolute Gasteiger partial charge is 0.456 e. The monoisotopic (exact) mass is 256 g/mol. The van der Waals surface area contributed by atoms with Crippen molar-refractivity contribution in [3.05, 3.63) is 53.0 Å². The van der Waals surface area contributed by atoms with Crippen LogP contribution in [-0.2, 0) is 13.0 Å². The number of rotatable bonds is 1. The van der Waals surface area contributed by atoms with E-state index in [1.807, 2.05) is 31.2 Å². The molecule has 4 nitrogen and oxygen atoms in total. The number of hydrogen-bond donors (Lipinski definition) is 1. The standard InChI is InChI=1S/C15H16N2O2/c1-10-5-6-14(19-10)15(18)17-8-7-12-11(9-17)3-2-4-13(12)16/h2-6H,7-9,16H2,1H3. The highest BCUT2D eigenvalue weighted by Gasteiger charge is 2.24. The molecule has 1 aromatic heterocycles. The fourth-order valence-electron chi connectivity index (χ4n) is 2.52. The second-order valence-electron chi connectivity index (χ2n) is 4.87. The number of nitrogen functional groups attached to an aromatic ring is 1. The smallest absolute Gasteiger partial charge is 0.289 e. The summed E-state index contributed by atoms with van der Waals surface area (Å²) >= 11 is 0. The van der Waals surface area contributed by atoms with Crippen LogP contribution in [0, 0.1) is 6.92 Å². The van der Waals surface area contributed by atoms with Gasteiger partial charge in [0, 0.05) is 18.8 Å². The number of fused-ring (bicyclic) bond motifs is 1. The SMILES string of the molecule is Cc1ccc(C(=O)N2CCc3c(N)cccc3C2)o1. The fourth-order valence-corrected chi connectivity index (χ4v) is 2.52. The van der Waals surface area contributed by atoms with Gasteiger partial charge in [0.1, 0.15) is 5.76 Å². The molecule has 1 amide bonds. The van der Waals surface area contributed by atoms with Crippen molar-refractivity contribution in [3.63, 3.8) is 0 Å². The zero-order valence-electron chi connectivity index (χ0n) is 10.8. The third kappa shape index (κ3) is 2.10. The Bertz CT molecular complexity index is 631. The summed E-state index contributed by atoms with van der Waals surface area (Å²) in [5, 5.41) is 0. The van der Waals surface area contributed by atoms with Crippen LogP contribution in [0.3, 0.4) is 0 Å². The minimum absolute atomic E-state index is 0.0545. The van der Waals surface area contributed by atoms with Crippen LogP contribution in [0.5, 0.6) is 0 Å². The summed E-state index contributed by atoms with van der Waals surface area (Å²) in [6.07, 6.45) is 0.799. The number of hydrogen-bond acceptors (Lipinski definition) is 3. The molecule has 0 fully saturated rings. The van der Waals surface area contributed by atoms with Gasteiger partial charge in [-0.3, -0.25) is 4.79 Å². The van der Waals surface area contributed by atoms with Gasteiger partial charge in [0.25, 0.3) is 5.91 Å².